The van der Waals surface area contributed by atoms with Crippen LogP contribution < -0.4 is 4.74 Å². The van der Waals surface area contributed by atoms with Crippen molar-refractivity contribution in [2.75, 3.05) is 0 Å². The third-order valence-electron chi connectivity index (χ3n) is 1.95. The van der Waals surface area contributed by atoms with E-state index in [1.165, 1.54) is 0 Å². The van der Waals surface area contributed by atoms with Gasteiger partial charge in [0.15, 0.2) is 0 Å². The number of aromatic carboxylic acids is 1. The molecule has 2 rings (SSSR count). The highest BCUT2D eigenvalue weighted by Gasteiger charge is 2.23. The van der Waals surface area contributed by atoms with E-state index in [1.807, 2.05) is 0 Å². The summed E-state index contributed by atoms with van der Waals surface area (Å²) in [5.74, 6) is -1.97. The fraction of sp³-hybridized carbons (Fsp3) is 0. The molecule has 0 bridgehead atoms. The molecule has 0 unspecified atom stereocenters. The number of carbonyl (C=O) groups is 2. The van der Waals surface area contributed by atoms with Crippen molar-refractivity contribution in [1.29, 1.82) is 0 Å². The summed E-state index contributed by atoms with van der Waals surface area (Å²) in [6.07, 6.45) is 0. The molecule has 0 spiro atoms. The summed E-state index contributed by atoms with van der Waals surface area (Å²) in [5, 5.41) is 17.6. The Morgan fingerprint density at radius 3 is 2.67 bits per heavy atom. The molecule has 1 aromatic carbocycles. The number of carboxylic acids is 1. The second-order valence-electron chi connectivity index (χ2n) is 3.17. The Morgan fingerprint density at radius 2 is 2.00 bits per heavy atom. The molecule has 0 saturated heterocycles. The van der Waals surface area contributed by atoms with Gasteiger partial charge in [-0.15, -0.1) is 10.2 Å². The predicted octanol–water partition coefficient (Wildman–Crippen LogP) is 1.48. The average molecular weight is 312 g/mol. The Bertz CT molecular complexity index is 611. The Balaban J connectivity index is 2.22. The molecule has 0 atom stereocenters. The minimum absolute atomic E-state index is 0.272. The van der Waals surface area contributed by atoms with Crippen LogP contribution in [0.1, 0.15) is 21.0 Å². The summed E-state index contributed by atoms with van der Waals surface area (Å²) < 4.78 is 5.70. The lowest BCUT2D eigenvalue weighted by Gasteiger charge is -2.02. The van der Waals surface area contributed by atoms with Gasteiger partial charge in [0, 0.05) is 4.47 Å². The van der Waals surface area contributed by atoms with Crippen molar-refractivity contribution in [1.82, 2.24) is 15.4 Å². The van der Waals surface area contributed by atoms with E-state index < -0.39 is 17.6 Å². The van der Waals surface area contributed by atoms with Crippen molar-refractivity contribution in [2.45, 2.75) is 0 Å². The minimum Gasteiger partial charge on any atom is -0.476 e. The van der Waals surface area contributed by atoms with Crippen LogP contribution in [0.25, 0.3) is 0 Å². The van der Waals surface area contributed by atoms with Gasteiger partial charge in [-0.3, -0.25) is 0 Å². The molecule has 0 radical (unpaired) electrons. The molecule has 0 saturated carbocycles. The number of carbonyl (C=O) groups excluding carboxylic acids is 1. The van der Waals surface area contributed by atoms with Crippen molar-refractivity contribution in [2.24, 2.45) is 0 Å². The van der Waals surface area contributed by atoms with Crippen LogP contribution in [0, 0.1) is 0 Å². The molecule has 0 aliphatic rings. The van der Waals surface area contributed by atoms with Crippen LogP contribution in [0.5, 0.6) is 5.75 Å². The number of nitrogens with zero attached hydrogens (tertiary/aromatic N) is 2. The van der Waals surface area contributed by atoms with Gasteiger partial charge in [-0.05, 0) is 18.2 Å². The first kappa shape index (κ1) is 12.2. The Morgan fingerprint density at radius 1 is 1.28 bits per heavy atom. The summed E-state index contributed by atoms with van der Waals surface area (Å²) in [5.41, 5.74) is -0.850. The van der Waals surface area contributed by atoms with E-state index in [2.05, 4.69) is 31.3 Å². The van der Waals surface area contributed by atoms with Crippen molar-refractivity contribution in [3.63, 3.8) is 0 Å². The number of nitrogens with one attached hydrogen (secondary N) is 1. The molecule has 8 heteroatoms. The first-order valence-corrected chi connectivity index (χ1v) is 5.49. The van der Waals surface area contributed by atoms with Gasteiger partial charge in [0.05, 0.1) is 0 Å². The highest BCUT2D eigenvalue weighted by Crippen LogP contribution is 2.19. The van der Waals surface area contributed by atoms with Crippen LogP contribution in [0.2, 0.25) is 0 Å². The molecular weight excluding hydrogens is 306 g/mol. The Labute approximate surface area is 109 Å². The van der Waals surface area contributed by atoms with E-state index in [9.17, 15) is 9.59 Å². The third-order valence-corrected chi connectivity index (χ3v) is 2.44. The smallest absolute Gasteiger partial charge is 0.366 e. The number of hydrogen-bond donors (Lipinski definition) is 2. The lowest BCUT2D eigenvalue weighted by molar-refractivity contribution is 0.0661. The van der Waals surface area contributed by atoms with Crippen LogP contribution in [-0.4, -0.2) is 32.5 Å². The van der Waals surface area contributed by atoms with E-state index >= 15 is 0 Å². The predicted molar refractivity (Wildman–Crippen MR) is 62.4 cm³/mol. The molecule has 1 heterocycles. The van der Waals surface area contributed by atoms with Gasteiger partial charge in [0.1, 0.15) is 5.75 Å². The van der Waals surface area contributed by atoms with E-state index in [-0.39, 0.29) is 11.4 Å². The highest BCUT2D eigenvalue weighted by atomic mass is 79.9. The summed E-state index contributed by atoms with van der Waals surface area (Å²) >= 11 is 3.22. The maximum Gasteiger partial charge on any atom is 0.366 e. The zero-order valence-corrected chi connectivity index (χ0v) is 10.3. The lowest BCUT2D eigenvalue weighted by Crippen LogP contribution is -2.14. The van der Waals surface area contributed by atoms with Gasteiger partial charge in [-0.2, -0.15) is 5.21 Å². The van der Waals surface area contributed by atoms with Crippen LogP contribution in [0.3, 0.4) is 0 Å². The van der Waals surface area contributed by atoms with E-state index in [4.69, 9.17) is 9.84 Å². The number of rotatable bonds is 3. The standard InChI is InChI=1S/C10H6BrN3O4/c11-5-2-1-3-6(4-5)18-10(17)8-7(9(15)16)12-14-13-8/h1-4H,(H,15,16)(H,12,13,14). The summed E-state index contributed by atoms with van der Waals surface area (Å²) in [7, 11) is 0. The van der Waals surface area contributed by atoms with Crippen LogP contribution in [0.15, 0.2) is 28.7 Å². The molecule has 7 nitrogen and oxygen atoms in total. The second kappa shape index (κ2) is 4.96. The van der Waals surface area contributed by atoms with Crippen molar-refractivity contribution in [3.05, 3.63) is 40.1 Å². The molecule has 0 aliphatic heterocycles. The maximum atomic E-state index is 11.7. The minimum atomic E-state index is -1.36. The largest absolute Gasteiger partial charge is 0.476 e. The summed E-state index contributed by atoms with van der Waals surface area (Å²) in [4.78, 5) is 22.4. The number of halogens is 1. The number of benzene rings is 1. The second-order valence-corrected chi connectivity index (χ2v) is 4.09. The van der Waals surface area contributed by atoms with Crippen molar-refractivity contribution in [3.8, 4) is 5.75 Å². The zero-order valence-electron chi connectivity index (χ0n) is 8.75. The highest BCUT2D eigenvalue weighted by molar-refractivity contribution is 9.10. The first-order valence-electron chi connectivity index (χ1n) is 4.69. The van der Waals surface area contributed by atoms with Gasteiger partial charge in [0.2, 0.25) is 11.4 Å². The van der Waals surface area contributed by atoms with Crippen LogP contribution in [-0.2, 0) is 0 Å². The van der Waals surface area contributed by atoms with Crippen LogP contribution in [0.4, 0.5) is 0 Å². The molecular formula is C10H6BrN3O4. The van der Waals surface area contributed by atoms with E-state index in [1.54, 1.807) is 24.3 Å². The van der Waals surface area contributed by atoms with Crippen molar-refractivity contribution >= 4 is 27.9 Å². The number of esters is 1. The lowest BCUT2D eigenvalue weighted by atomic mass is 10.3. The summed E-state index contributed by atoms with van der Waals surface area (Å²) in [6, 6.07) is 6.56. The van der Waals surface area contributed by atoms with Gasteiger partial charge >= 0.3 is 11.9 Å². The topological polar surface area (TPSA) is 105 Å². The first-order chi connectivity index (χ1) is 8.58. The third kappa shape index (κ3) is 2.54. The number of aromatic nitrogens is 3. The fourth-order valence-corrected chi connectivity index (χ4v) is 1.59. The fourth-order valence-electron chi connectivity index (χ4n) is 1.21. The zero-order chi connectivity index (χ0) is 13.1. The molecule has 92 valence electrons. The molecule has 0 fully saturated rings. The normalized spacial score (nSPS) is 10.1. The molecule has 2 N–H and O–H groups in total. The number of ether oxygens (including phenoxy) is 1. The van der Waals surface area contributed by atoms with Gasteiger partial charge < -0.3 is 9.84 Å². The molecule has 0 aliphatic carbocycles. The Kier molecular flexibility index (Phi) is 3.38. The quantitative estimate of drug-likeness (QED) is 0.657. The average Bonchev–Trinajstić information content (AvgIpc) is 2.77. The molecule has 0 amide bonds. The Hall–Kier alpha value is -2.22. The van der Waals surface area contributed by atoms with E-state index in [0.717, 1.165) is 4.47 Å². The van der Waals surface area contributed by atoms with Gasteiger partial charge in [0.25, 0.3) is 0 Å². The van der Waals surface area contributed by atoms with E-state index in [0.29, 0.717) is 0 Å². The van der Waals surface area contributed by atoms with Gasteiger partial charge in [-0.1, -0.05) is 22.0 Å². The number of hydrogen-bond acceptors (Lipinski definition) is 5. The number of aromatic amines is 1. The number of H-pyrrole nitrogens is 1. The van der Waals surface area contributed by atoms with Gasteiger partial charge in [-0.25, -0.2) is 9.59 Å². The summed E-state index contributed by atoms with van der Waals surface area (Å²) in [6.45, 7) is 0. The molecule has 2 aromatic rings. The SMILES string of the molecule is O=C(O)c1n[nH]nc1C(=O)Oc1cccc(Br)c1. The maximum absolute atomic E-state index is 11.7. The van der Waals surface area contributed by atoms with Crippen LogP contribution >= 0.6 is 15.9 Å². The number of carboxylic acid groups (broad SMARTS) is 1. The monoisotopic (exact) mass is 311 g/mol. The molecule has 18 heavy (non-hydrogen) atoms. The molecule has 1 aromatic heterocycles. The van der Waals surface area contributed by atoms with Crippen molar-refractivity contribution < 1.29 is 19.4 Å².